The Balaban J connectivity index is 1.19. The van der Waals surface area contributed by atoms with Gasteiger partial charge in [-0.1, -0.05) is 30.3 Å². The van der Waals surface area contributed by atoms with E-state index in [0.717, 1.165) is 52.4 Å². The largest absolute Gasteiger partial charge is 0.497 e. The van der Waals surface area contributed by atoms with Crippen LogP contribution in [0.4, 0.5) is 17.2 Å². The van der Waals surface area contributed by atoms with Crippen LogP contribution in [0.25, 0.3) is 16.9 Å². The van der Waals surface area contributed by atoms with E-state index in [2.05, 4.69) is 25.5 Å². The van der Waals surface area contributed by atoms with Crippen molar-refractivity contribution in [2.75, 3.05) is 37.6 Å². The molecule has 1 saturated carbocycles. The highest BCUT2D eigenvalue weighted by molar-refractivity contribution is 5.94. The fraction of sp³-hybridized carbons (Fsp3) is 0.273. The van der Waals surface area contributed by atoms with Gasteiger partial charge in [0.2, 0.25) is 0 Å². The molecule has 44 heavy (non-hydrogen) atoms. The predicted octanol–water partition coefficient (Wildman–Crippen LogP) is 5.12. The number of aromatic nitrogens is 4. The number of methoxy groups -OCH3 is 1. The molecule has 3 aromatic heterocycles. The molecule has 0 bridgehead atoms. The summed E-state index contributed by atoms with van der Waals surface area (Å²) in [7, 11) is 3.65. The maximum absolute atomic E-state index is 13.1. The van der Waals surface area contributed by atoms with Crippen molar-refractivity contribution in [2.45, 2.75) is 31.7 Å². The molecule has 0 radical (unpaired) electrons. The second-order valence-corrected chi connectivity index (χ2v) is 11.0. The number of nitrogens with one attached hydrogen (secondary N) is 2. The summed E-state index contributed by atoms with van der Waals surface area (Å²) in [5.74, 6) is 1.20. The number of anilines is 3. The van der Waals surface area contributed by atoms with Gasteiger partial charge in [0.1, 0.15) is 5.75 Å². The van der Waals surface area contributed by atoms with Gasteiger partial charge < -0.3 is 29.7 Å². The van der Waals surface area contributed by atoms with Crippen LogP contribution in [-0.4, -0.2) is 58.9 Å². The van der Waals surface area contributed by atoms with Gasteiger partial charge in [0, 0.05) is 48.7 Å². The molecular formula is C33H33N7O4. The van der Waals surface area contributed by atoms with Crippen LogP contribution in [0, 0.1) is 0 Å². The third-order valence-corrected chi connectivity index (χ3v) is 7.69. The van der Waals surface area contributed by atoms with Crippen molar-refractivity contribution in [1.29, 1.82) is 0 Å². The minimum atomic E-state index is -0.359. The van der Waals surface area contributed by atoms with Crippen LogP contribution >= 0.6 is 0 Å². The van der Waals surface area contributed by atoms with Crippen molar-refractivity contribution in [2.24, 2.45) is 0 Å². The van der Waals surface area contributed by atoms with E-state index in [-0.39, 0.29) is 18.2 Å². The fourth-order valence-corrected chi connectivity index (χ4v) is 5.20. The number of fused-ring (bicyclic) bond motifs is 1. The normalized spacial score (nSPS) is 15.0. The van der Waals surface area contributed by atoms with Gasteiger partial charge in [-0.05, 0) is 48.7 Å². The average molecular weight is 592 g/mol. The Labute approximate surface area is 254 Å². The molecule has 11 nitrogen and oxygen atoms in total. The first kappa shape index (κ1) is 27.8. The summed E-state index contributed by atoms with van der Waals surface area (Å²) < 4.78 is 18.1. The average Bonchev–Trinajstić information content (AvgIpc) is 3.50. The van der Waals surface area contributed by atoms with E-state index in [1.54, 1.807) is 24.0 Å². The van der Waals surface area contributed by atoms with Gasteiger partial charge in [0.15, 0.2) is 23.4 Å². The molecule has 0 atom stereocenters. The molecule has 1 aliphatic heterocycles. The Morgan fingerprint density at radius 3 is 2.57 bits per heavy atom. The van der Waals surface area contributed by atoms with E-state index in [9.17, 15) is 4.79 Å². The number of pyridine rings is 1. The molecule has 0 spiro atoms. The Kier molecular flexibility index (Phi) is 7.55. The number of imidazole rings is 1. The van der Waals surface area contributed by atoms with E-state index in [4.69, 9.17) is 19.3 Å². The summed E-state index contributed by atoms with van der Waals surface area (Å²) in [4.78, 5) is 24.5. The number of benzene rings is 2. The molecule has 0 unspecified atom stereocenters. The molecule has 5 aromatic rings. The molecular weight excluding hydrogens is 558 g/mol. The van der Waals surface area contributed by atoms with Crippen molar-refractivity contribution >= 4 is 28.7 Å². The number of ether oxygens (including phenoxy) is 3. The minimum Gasteiger partial charge on any atom is -0.497 e. The summed E-state index contributed by atoms with van der Waals surface area (Å²) in [5.41, 5.74) is 6.42. The number of nitrogens with zero attached hydrogens (tertiary/aromatic N) is 5. The van der Waals surface area contributed by atoms with E-state index in [1.807, 2.05) is 73.8 Å². The van der Waals surface area contributed by atoms with Crippen LogP contribution in [0.2, 0.25) is 0 Å². The standard InChI is InChI=1S/C33H33N7O4/c1-39(20-21-6-11-26(42-2)12-7-21)28-17-30(38-40-29(19-35-31(28)40)32(41)37-24-9-10-24)36-25-5-3-4-22(16-25)27-13-8-23(18-34-27)33-43-14-15-44-33/h3-8,11-13,16-19,24,33H,9-10,14-15,20H2,1-2H3,(H,36,38)(H,37,41). The summed E-state index contributed by atoms with van der Waals surface area (Å²) in [6, 6.07) is 22.0. The monoisotopic (exact) mass is 591 g/mol. The Hall–Kier alpha value is -5.00. The van der Waals surface area contributed by atoms with E-state index >= 15 is 0 Å². The molecule has 2 aliphatic rings. The van der Waals surface area contributed by atoms with Crippen LogP contribution < -0.4 is 20.3 Å². The second kappa shape index (κ2) is 11.9. The van der Waals surface area contributed by atoms with Gasteiger partial charge in [0.25, 0.3) is 5.91 Å². The molecule has 4 heterocycles. The van der Waals surface area contributed by atoms with E-state index in [0.29, 0.717) is 36.9 Å². The number of rotatable bonds is 10. The molecule has 2 fully saturated rings. The Bertz CT molecular complexity index is 1780. The SMILES string of the molecule is COc1ccc(CN(C)c2cc(Nc3cccc(-c4ccc(C5OCCO5)cn4)c3)nn3c(C(=O)NC4CC4)cnc23)cc1. The smallest absolute Gasteiger partial charge is 0.271 e. The van der Waals surface area contributed by atoms with E-state index in [1.165, 1.54) is 0 Å². The number of hydrogen-bond acceptors (Lipinski definition) is 9. The zero-order valence-electron chi connectivity index (χ0n) is 24.6. The quantitative estimate of drug-likeness (QED) is 0.228. The first-order valence-corrected chi connectivity index (χ1v) is 14.6. The summed E-state index contributed by atoms with van der Waals surface area (Å²) in [6.07, 6.45) is 5.01. The van der Waals surface area contributed by atoms with Crippen LogP contribution in [0.5, 0.6) is 5.75 Å². The zero-order valence-corrected chi connectivity index (χ0v) is 24.6. The summed E-state index contributed by atoms with van der Waals surface area (Å²) in [5, 5.41) is 11.3. The lowest BCUT2D eigenvalue weighted by Gasteiger charge is -2.21. The van der Waals surface area contributed by atoms with E-state index < -0.39 is 0 Å². The van der Waals surface area contributed by atoms with Gasteiger partial charge in [-0.15, -0.1) is 5.10 Å². The highest BCUT2D eigenvalue weighted by Gasteiger charge is 2.26. The van der Waals surface area contributed by atoms with Crippen molar-refractivity contribution < 1.29 is 19.0 Å². The van der Waals surface area contributed by atoms with Crippen LogP contribution in [0.1, 0.15) is 40.7 Å². The Morgan fingerprint density at radius 2 is 1.84 bits per heavy atom. The maximum Gasteiger partial charge on any atom is 0.271 e. The molecule has 1 saturated heterocycles. The number of amides is 1. The molecule has 2 aromatic carbocycles. The second-order valence-electron chi connectivity index (χ2n) is 11.0. The lowest BCUT2D eigenvalue weighted by Crippen LogP contribution is -2.27. The molecule has 7 rings (SSSR count). The van der Waals surface area contributed by atoms with Crippen LogP contribution in [0.15, 0.2) is 79.1 Å². The number of carbonyl (C=O) groups is 1. The summed E-state index contributed by atoms with van der Waals surface area (Å²) in [6.45, 7) is 1.79. The van der Waals surface area contributed by atoms with Crippen molar-refractivity contribution in [3.05, 3.63) is 95.9 Å². The van der Waals surface area contributed by atoms with Gasteiger partial charge in [-0.25, -0.2) is 9.50 Å². The third-order valence-electron chi connectivity index (χ3n) is 7.69. The first-order chi connectivity index (χ1) is 21.5. The Morgan fingerprint density at radius 1 is 1.02 bits per heavy atom. The number of hydrogen-bond donors (Lipinski definition) is 2. The van der Waals surface area contributed by atoms with Crippen molar-refractivity contribution in [1.82, 2.24) is 24.9 Å². The highest BCUT2D eigenvalue weighted by atomic mass is 16.7. The first-order valence-electron chi connectivity index (χ1n) is 14.6. The molecule has 224 valence electrons. The molecule has 11 heteroatoms. The zero-order chi connectivity index (χ0) is 30.0. The van der Waals surface area contributed by atoms with Gasteiger partial charge in [-0.3, -0.25) is 9.78 Å². The third kappa shape index (κ3) is 5.92. The topological polar surface area (TPSA) is 115 Å². The fourth-order valence-electron chi connectivity index (χ4n) is 5.20. The number of carbonyl (C=O) groups excluding carboxylic acids is 1. The molecule has 1 aliphatic carbocycles. The minimum absolute atomic E-state index is 0.182. The van der Waals surface area contributed by atoms with Gasteiger partial charge in [0.05, 0.1) is 37.9 Å². The van der Waals surface area contributed by atoms with Gasteiger partial charge in [-0.2, -0.15) is 0 Å². The lowest BCUT2D eigenvalue weighted by molar-refractivity contribution is -0.0443. The maximum atomic E-state index is 13.1. The summed E-state index contributed by atoms with van der Waals surface area (Å²) >= 11 is 0. The van der Waals surface area contributed by atoms with Crippen LogP contribution in [-0.2, 0) is 16.0 Å². The van der Waals surface area contributed by atoms with Crippen LogP contribution in [0.3, 0.4) is 0 Å². The highest BCUT2D eigenvalue weighted by Crippen LogP contribution is 2.30. The van der Waals surface area contributed by atoms with Crippen molar-refractivity contribution in [3.63, 3.8) is 0 Å². The molecule has 1 amide bonds. The predicted molar refractivity (Wildman–Crippen MR) is 166 cm³/mol. The lowest BCUT2D eigenvalue weighted by atomic mass is 10.1. The van der Waals surface area contributed by atoms with Gasteiger partial charge >= 0.3 is 0 Å². The molecule has 2 N–H and O–H groups in total. The van der Waals surface area contributed by atoms with Crippen molar-refractivity contribution in [3.8, 4) is 17.0 Å².